The fourth-order valence-electron chi connectivity index (χ4n) is 0.386. The monoisotopic (exact) mass is 136 g/mol. The maximum atomic E-state index is 5.50. The topological polar surface area (TPSA) is 52.0 Å². The van der Waals surface area contributed by atoms with Gasteiger partial charge in [-0.1, -0.05) is 0 Å². The van der Waals surface area contributed by atoms with Gasteiger partial charge < -0.3 is 11.5 Å². The summed E-state index contributed by atoms with van der Waals surface area (Å²) in [5.74, 6) is 0. The van der Waals surface area contributed by atoms with Crippen LogP contribution in [0.25, 0.3) is 0 Å². The zero-order valence-electron chi connectivity index (χ0n) is 3.83. The van der Waals surface area contributed by atoms with Crippen LogP contribution in [0.4, 0.5) is 0 Å². The fourth-order valence-corrected chi connectivity index (χ4v) is 2.81. The maximum Gasteiger partial charge on any atom is 0.0764 e. The van der Waals surface area contributed by atoms with E-state index in [0.717, 1.165) is 5.08 Å². The summed E-state index contributed by atoms with van der Waals surface area (Å²) in [5, 5.41) is 1.40. The minimum Gasteiger partial charge on any atom is -0.317 e. The van der Waals surface area contributed by atoms with Gasteiger partial charge in [0.15, 0.2) is 0 Å². The maximum absolute atomic E-state index is 5.50. The average molecular weight is 136 g/mol. The molecule has 0 radical (unpaired) electrons. The molecule has 2 unspecified atom stereocenters. The minimum absolute atomic E-state index is 0.171. The number of nitrogens with two attached hydrogens (primary N) is 2. The first-order chi connectivity index (χ1) is 3.30. The zero-order chi connectivity index (χ0) is 5.28. The van der Waals surface area contributed by atoms with E-state index in [4.69, 9.17) is 11.5 Å². The Morgan fingerprint density at radius 1 is 1.14 bits per heavy atom. The van der Waals surface area contributed by atoms with E-state index in [1.54, 1.807) is 23.5 Å². The van der Waals surface area contributed by atoms with Gasteiger partial charge in [-0.3, -0.25) is 0 Å². The van der Waals surface area contributed by atoms with Crippen LogP contribution in [0.5, 0.6) is 0 Å². The smallest absolute Gasteiger partial charge is 0.0764 e. The zero-order valence-corrected chi connectivity index (χ0v) is 5.47. The number of hydrogen-bond acceptors (Lipinski definition) is 4. The van der Waals surface area contributed by atoms with E-state index in [0.29, 0.717) is 0 Å². The molecule has 0 aliphatic carbocycles. The molecule has 0 aromatic rings. The Hall–Kier alpha value is 0.620. The summed E-state index contributed by atoms with van der Waals surface area (Å²) in [6.07, 6.45) is 0. The molecule has 4 N–H and O–H groups in total. The SMILES string of the molecule is NC1SCSC1N. The predicted molar refractivity (Wildman–Crippen MR) is 36.0 cm³/mol. The van der Waals surface area contributed by atoms with Crippen molar-refractivity contribution in [2.24, 2.45) is 11.5 Å². The van der Waals surface area contributed by atoms with Crippen LogP contribution in [0, 0.1) is 0 Å². The van der Waals surface area contributed by atoms with Crippen LogP contribution >= 0.6 is 23.5 Å². The van der Waals surface area contributed by atoms with Gasteiger partial charge in [-0.25, -0.2) is 0 Å². The lowest BCUT2D eigenvalue weighted by Crippen LogP contribution is -2.31. The third-order valence-electron chi connectivity index (χ3n) is 0.845. The molecule has 0 saturated carbocycles. The van der Waals surface area contributed by atoms with E-state index in [-0.39, 0.29) is 10.7 Å². The average Bonchev–Trinajstić information content (AvgIpc) is 1.91. The van der Waals surface area contributed by atoms with Crippen molar-refractivity contribution in [3.05, 3.63) is 0 Å². The Labute approximate surface area is 51.4 Å². The lowest BCUT2D eigenvalue weighted by atomic mass is 10.7. The summed E-state index contributed by atoms with van der Waals surface area (Å²) in [6, 6.07) is 0. The van der Waals surface area contributed by atoms with E-state index in [2.05, 4.69) is 0 Å². The molecule has 0 bridgehead atoms. The Balaban J connectivity index is 2.33. The molecule has 1 aliphatic rings. The standard InChI is InChI=1S/C3H8N2S2/c4-2-3(5)7-1-6-2/h2-3H,1,4-5H2. The Kier molecular flexibility index (Phi) is 1.86. The highest BCUT2D eigenvalue weighted by molar-refractivity contribution is 8.19. The van der Waals surface area contributed by atoms with E-state index in [1.807, 2.05) is 0 Å². The molecule has 2 atom stereocenters. The lowest BCUT2D eigenvalue weighted by molar-refractivity contribution is 0.867. The molecule has 0 aromatic carbocycles. The van der Waals surface area contributed by atoms with Gasteiger partial charge >= 0.3 is 0 Å². The molecule has 1 rings (SSSR count). The first-order valence-corrected chi connectivity index (χ1v) is 4.15. The third-order valence-corrected chi connectivity index (χ3v) is 3.46. The summed E-state index contributed by atoms with van der Waals surface area (Å²) in [6.45, 7) is 0. The molecule has 4 heteroatoms. The molecule has 42 valence electrons. The highest BCUT2D eigenvalue weighted by atomic mass is 32.2. The molecular weight excluding hydrogens is 128 g/mol. The van der Waals surface area contributed by atoms with Gasteiger partial charge in [-0.2, -0.15) is 0 Å². The number of rotatable bonds is 0. The minimum atomic E-state index is 0.171. The van der Waals surface area contributed by atoms with Crippen LogP contribution in [0.1, 0.15) is 0 Å². The van der Waals surface area contributed by atoms with Crippen molar-refractivity contribution in [2.45, 2.75) is 10.7 Å². The molecule has 0 aromatic heterocycles. The molecule has 1 fully saturated rings. The van der Waals surface area contributed by atoms with Gasteiger partial charge in [0.2, 0.25) is 0 Å². The van der Waals surface area contributed by atoms with Crippen LogP contribution in [-0.4, -0.2) is 15.8 Å². The normalized spacial score (nSPS) is 42.0. The van der Waals surface area contributed by atoms with Crippen LogP contribution in [-0.2, 0) is 0 Å². The summed E-state index contributed by atoms with van der Waals surface area (Å²) >= 11 is 3.44. The highest BCUT2D eigenvalue weighted by Gasteiger charge is 2.20. The second-order valence-electron chi connectivity index (χ2n) is 1.38. The molecule has 7 heavy (non-hydrogen) atoms. The quantitative estimate of drug-likeness (QED) is 0.492. The number of thioether (sulfide) groups is 2. The fraction of sp³-hybridized carbons (Fsp3) is 1.00. The largest absolute Gasteiger partial charge is 0.317 e. The summed E-state index contributed by atoms with van der Waals surface area (Å²) in [4.78, 5) is 0. The Morgan fingerprint density at radius 3 is 1.71 bits per heavy atom. The molecule has 1 saturated heterocycles. The third kappa shape index (κ3) is 1.25. The number of hydrogen-bond donors (Lipinski definition) is 2. The van der Waals surface area contributed by atoms with E-state index < -0.39 is 0 Å². The van der Waals surface area contributed by atoms with Crippen LogP contribution in [0.2, 0.25) is 0 Å². The Bertz CT molecular complexity index is 60.0. The molecule has 2 nitrogen and oxygen atoms in total. The molecular formula is C3H8N2S2. The van der Waals surface area contributed by atoms with Gasteiger partial charge in [-0.05, 0) is 0 Å². The van der Waals surface area contributed by atoms with Crippen molar-refractivity contribution in [1.29, 1.82) is 0 Å². The van der Waals surface area contributed by atoms with Crippen molar-refractivity contribution < 1.29 is 0 Å². The van der Waals surface area contributed by atoms with Crippen LogP contribution in [0.3, 0.4) is 0 Å². The second kappa shape index (κ2) is 2.26. The molecule has 0 amide bonds. The van der Waals surface area contributed by atoms with E-state index in [9.17, 15) is 0 Å². The second-order valence-corrected chi connectivity index (χ2v) is 4.08. The van der Waals surface area contributed by atoms with E-state index >= 15 is 0 Å². The predicted octanol–water partition coefficient (Wildman–Crippen LogP) is -0.00650. The van der Waals surface area contributed by atoms with Crippen molar-refractivity contribution in [2.75, 3.05) is 5.08 Å². The summed E-state index contributed by atoms with van der Waals surface area (Å²) in [7, 11) is 0. The van der Waals surface area contributed by atoms with Gasteiger partial charge in [0.25, 0.3) is 0 Å². The van der Waals surface area contributed by atoms with Gasteiger partial charge in [0.1, 0.15) is 0 Å². The molecule has 1 aliphatic heterocycles. The van der Waals surface area contributed by atoms with Crippen molar-refractivity contribution in [3.8, 4) is 0 Å². The molecule has 0 spiro atoms. The van der Waals surface area contributed by atoms with Crippen LogP contribution < -0.4 is 11.5 Å². The first-order valence-electron chi connectivity index (χ1n) is 2.05. The lowest BCUT2D eigenvalue weighted by Gasteiger charge is -2.03. The Morgan fingerprint density at radius 2 is 1.57 bits per heavy atom. The van der Waals surface area contributed by atoms with Gasteiger partial charge in [0.05, 0.1) is 10.7 Å². The summed E-state index contributed by atoms with van der Waals surface area (Å²) < 4.78 is 0. The van der Waals surface area contributed by atoms with Crippen molar-refractivity contribution in [3.63, 3.8) is 0 Å². The summed E-state index contributed by atoms with van der Waals surface area (Å²) in [5.41, 5.74) is 11.0. The highest BCUT2D eigenvalue weighted by Crippen LogP contribution is 2.29. The molecule has 1 heterocycles. The van der Waals surface area contributed by atoms with Gasteiger partial charge in [0, 0.05) is 5.08 Å². The van der Waals surface area contributed by atoms with Crippen molar-refractivity contribution in [1.82, 2.24) is 0 Å². The van der Waals surface area contributed by atoms with Gasteiger partial charge in [-0.15, -0.1) is 23.5 Å². The van der Waals surface area contributed by atoms with Crippen LogP contribution in [0.15, 0.2) is 0 Å². The first kappa shape index (κ1) is 5.75. The van der Waals surface area contributed by atoms with Crippen molar-refractivity contribution >= 4 is 23.5 Å². The van der Waals surface area contributed by atoms with E-state index in [1.165, 1.54) is 0 Å².